The Labute approximate surface area is 160 Å². The zero-order chi connectivity index (χ0) is 18.4. The van der Waals surface area contributed by atoms with Crippen molar-refractivity contribution in [3.63, 3.8) is 0 Å². The van der Waals surface area contributed by atoms with Crippen molar-refractivity contribution in [2.75, 3.05) is 5.12 Å². The second kappa shape index (κ2) is 8.53. The maximum absolute atomic E-state index is 12.5. The van der Waals surface area contributed by atoms with Crippen LogP contribution in [0.3, 0.4) is 0 Å². The van der Waals surface area contributed by atoms with Crippen molar-refractivity contribution in [1.29, 1.82) is 5.26 Å². The van der Waals surface area contributed by atoms with E-state index in [0.29, 0.717) is 16.3 Å². The minimum Gasteiger partial charge on any atom is -0.375 e. The van der Waals surface area contributed by atoms with E-state index < -0.39 is 11.8 Å². The molecule has 1 amide bonds. The van der Waals surface area contributed by atoms with Crippen molar-refractivity contribution < 1.29 is 4.79 Å². The summed E-state index contributed by atoms with van der Waals surface area (Å²) in [7, 11) is 0. The number of nitriles is 1. The summed E-state index contributed by atoms with van der Waals surface area (Å²) in [4.78, 5) is 12.5. The summed E-state index contributed by atoms with van der Waals surface area (Å²) in [6.07, 6.45) is 0. The van der Waals surface area contributed by atoms with Crippen molar-refractivity contribution in [1.82, 2.24) is 10.9 Å². The zero-order valence-corrected chi connectivity index (χ0v) is 15.1. The van der Waals surface area contributed by atoms with Gasteiger partial charge in [0.05, 0.1) is 21.8 Å². The van der Waals surface area contributed by atoms with E-state index in [9.17, 15) is 10.1 Å². The lowest BCUT2D eigenvalue weighted by molar-refractivity contribution is -0.121. The van der Waals surface area contributed by atoms with Crippen molar-refractivity contribution in [2.24, 2.45) is 5.73 Å². The van der Waals surface area contributed by atoms with Crippen LogP contribution in [0.4, 0.5) is 5.69 Å². The molecule has 6 nitrogen and oxygen atoms in total. The average Bonchev–Trinajstić information content (AvgIpc) is 2.58. The molecule has 0 spiro atoms. The van der Waals surface area contributed by atoms with E-state index in [1.54, 1.807) is 42.5 Å². The second-order valence-corrected chi connectivity index (χ2v) is 6.11. The van der Waals surface area contributed by atoms with Crippen molar-refractivity contribution >= 4 is 52.1 Å². The first-order valence-corrected chi connectivity index (χ1v) is 8.15. The van der Waals surface area contributed by atoms with Gasteiger partial charge < -0.3 is 5.73 Å². The van der Waals surface area contributed by atoms with Crippen LogP contribution in [0.15, 0.2) is 48.5 Å². The van der Waals surface area contributed by atoms with Gasteiger partial charge in [-0.3, -0.25) is 10.2 Å². The van der Waals surface area contributed by atoms with E-state index in [2.05, 4.69) is 10.9 Å². The summed E-state index contributed by atoms with van der Waals surface area (Å²) in [5.41, 5.74) is 11.6. The van der Waals surface area contributed by atoms with Gasteiger partial charge in [-0.05, 0) is 36.0 Å². The summed E-state index contributed by atoms with van der Waals surface area (Å²) < 4.78 is 0. The maximum atomic E-state index is 12.5. The van der Waals surface area contributed by atoms with Gasteiger partial charge in [0.15, 0.2) is 11.0 Å². The molecule has 25 heavy (non-hydrogen) atoms. The Kier molecular flexibility index (Phi) is 6.42. The van der Waals surface area contributed by atoms with Crippen molar-refractivity contribution in [2.45, 2.75) is 5.92 Å². The van der Waals surface area contributed by atoms with Crippen LogP contribution in [-0.2, 0) is 4.79 Å². The molecule has 2 aromatic carbocycles. The highest BCUT2D eigenvalue weighted by Gasteiger charge is 2.23. The quantitative estimate of drug-likeness (QED) is 0.533. The largest absolute Gasteiger partial charge is 0.375 e. The minimum absolute atomic E-state index is 0.0837. The van der Waals surface area contributed by atoms with Gasteiger partial charge in [-0.15, -0.1) is 0 Å². The highest BCUT2D eigenvalue weighted by atomic mass is 35.5. The summed E-state index contributed by atoms with van der Waals surface area (Å²) in [6, 6.07) is 15.3. The van der Waals surface area contributed by atoms with Gasteiger partial charge in [-0.25, -0.2) is 5.43 Å². The number of anilines is 1. The molecular weight excluding hydrogens is 381 g/mol. The molecule has 0 heterocycles. The predicted molar refractivity (Wildman–Crippen MR) is 102 cm³/mol. The van der Waals surface area contributed by atoms with Crippen LogP contribution in [0.25, 0.3) is 0 Å². The molecule has 0 aliphatic heterocycles. The van der Waals surface area contributed by atoms with E-state index in [0.717, 1.165) is 0 Å². The van der Waals surface area contributed by atoms with Gasteiger partial charge in [-0.1, -0.05) is 53.5 Å². The number of rotatable bonds is 5. The van der Waals surface area contributed by atoms with Crippen LogP contribution >= 0.6 is 35.4 Å². The highest BCUT2D eigenvalue weighted by Crippen LogP contribution is 2.26. The summed E-state index contributed by atoms with van der Waals surface area (Å²) in [5, 5.41) is 11.1. The molecule has 0 radical (unpaired) electrons. The molecule has 0 aliphatic carbocycles. The molecule has 0 fully saturated rings. The molecular formula is C16H13Cl2N5OS. The fourth-order valence-corrected chi connectivity index (χ4v) is 2.38. The summed E-state index contributed by atoms with van der Waals surface area (Å²) in [6.45, 7) is 0. The van der Waals surface area contributed by atoms with Gasteiger partial charge in [0.25, 0.3) is 5.91 Å². The SMILES string of the molecule is N#CC(C(=O)NN(NC(N)=S)c1ccc(Cl)c(Cl)c1)c1ccccc1. The number of nitrogens with zero attached hydrogens (tertiary/aromatic N) is 2. The topological polar surface area (TPSA) is 94.2 Å². The van der Waals surface area contributed by atoms with Gasteiger partial charge in [0, 0.05) is 0 Å². The van der Waals surface area contributed by atoms with Crippen LogP contribution in [0.1, 0.15) is 11.5 Å². The van der Waals surface area contributed by atoms with Gasteiger partial charge >= 0.3 is 0 Å². The second-order valence-electron chi connectivity index (χ2n) is 4.86. The zero-order valence-electron chi connectivity index (χ0n) is 12.7. The lowest BCUT2D eigenvalue weighted by atomic mass is 10.0. The molecule has 4 N–H and O–H groups in total. The molecule has 128 valence electrons. The Morgan fingerprint density at radius 1 is 1.16 bits per heavy atom. The number of thiocarbonyl (C=S) groups is 1. The number of amides is 1. The van der Waals surface area contributed by atoms with Crippen molar-refractivity contribution in [3.8, 4) is 6.07 Å². The fourth-order valence-electron chi connectivity index (χ4n) is 2.00. The number of benzene rings is 2. The molecule has 0 aliphatic rings. The third-order valence-electron chi connectivity index (χ3n) is 3.13. The third kappa shape index (κ3) is 4.97. The number of carbonyl (C=O) groups is 1. The molecule has 0 saturated carbocycles. The summed E-state index contributed by atoms with van der Waals surface area (Å²) in [5.74, 6) is -1.58. The Hall–Kier alpha value is -2.53. The monoisotopic (exact) mass is 393 g/mol. The smallest absolute Gasteiger partial charge is 0.261 e. The van der Waals surface area contributed by atoms with Gasteiger partial charge in [0.1, 0.15) is 0 Å². The average molecular weight is 394 g/mol. The normalized spacial score (nSPS) is 11.1. The minimum atomic E-state index is -1.01. The Bertz CT molecular complexity index is 825. The maximum Gasteiger partial charge on any atom is 0.261 e. The van der Waals surface area contributed by atoms with Gasteiger partial charge in [-0.2, -0.15) is 10.4 Å². The molecule has 0 bridgehead atoms. The predicted octanol–water partition coefficient (Wildman–Crippen LogP) is 2.89. The number of hydrogen-bond acceptors (Lipinski definition) is 4. The molecule has 1 atom stereocenters. The van der Waals surface area contributed by atoms with E-state index >= 15 is 0 Å². The number of hydrogen-bond donors (Lipinski definition) is 3. The third-order valence-corrected chi connectivity index (χ3v) is 3.96. The van der Waals surface area contributed by atoms with Crippen molar-refractivity contribution in [3.05, 3.63) is 64.1 Å². The Morgan fingerprint density at radius 2 is 1.84 bits per heavy atom. The van der Waals surface area contributed by atoms with Crippen LogP contribution in [0.2, 0.25) is 10.0 Å². The molecule has 0 saturated heterocycles. The van der Waals surface area contributed by atoms with Crippen LogP contribution in [-0.4, -0.2) is 11.0 Å². The molecule has 2 rings (SSSR count). The molecule has 1 unspecified atom stereocenters. The summed E-state index contributed by atoms with van der Waals surface area (Å²) >= 11 is 16.7. The lowest BCUT2D eigenvalue weighted by Crippen LogP contribution is -2.55. The molecule has 2 aromatic rings. The number of halogens is 2. The van der Waals surface area contributed by atoms with Gasteiger partial charge in [0.2, 0.25) is 0 Å². The van der Waals surface area contributed by atoms with E-state index in [-0.39, 0.29) is 10.1 Å². The number of nitrogens with one attached hydrogen (secondary N) is 2. The first kappa shape index (κ1) is 18.8. The van der Waals surface area contributed by atoms with Crippen LogP contribution in [0, 0.1) is 11.3 Å². The van der Waals surface area contributed by atoms with Crippen LogP contribution in [0.5, 0.6) is 0 Å². The first-order chi connectivity index (χ1) is 11.9. The van der Waals surface area contributed by atoms with E-state index in [1.165, 1.54) is 11.2 Å². The molecule has 9 heteroatoms. The number of nitrogens with two attached hydrogens (primary N) is 1. The standard InChI is InChI=1S/C16H13Cl2N5OS/c17-13-7-6-11(8-14(13)18)23(22-16(20)25)21-15(24)12(9-19)10-4-2-1-3-5-10/h1-8,12H,(H,21,24)(H3,20,22,25). The highest BCUT2D eigenvalue weighted by molar-refractivity contribution is 7.80. The Morgan fingerprint density at radius 3 is 2.40 bits per heavy atom. The fraction of sp³-hybridized carbons (Fsp3) is 0.0625. The number of carbonyl (C=O) groups excluding carboxylic acids is 1. The van der Waals surface area contributed by atoms with E-state index in [4.69, 9.17) is 41.2 Å². The van der Waals surface area contributed by atoms with E-state index in [1.807, 2.05) is 6.07 Å². The van der Waals surface area contributed by atoms with Crippen LogP contribution < -0.4 is 21.7 Å². The first-order valence-electron chi connectivity index (χ1n) is 6.98. The number of hydrazine groups is 2. The lowest BCUT2D eigenvalue weighted by Gasteiger charge is -2.27. The Balaban J connectivity index is 2.26. The molecule has 0 aromatic heterocycles.